The summed E-state index contributed by atoms with van der Waals surface area (Å²) in [6.07, 6.45) is 2.95. The van der Waals surface area contributed by atoms with Crippen molar-refractivity contribution in [3.8, 4) is 0 Å². The summed E-state index contributed by atoms with van der Waals surface area (Å²) < 4.78 is 5.40. The number of rotatable bonds is 3. The second-order valence-electron chi connectivity index (χ2n) is 6.04. The van der Waals surface area contributed by atoms with Gasteiger partial charge in [-0.1, -0.05) is 17.7 Å². The van der Waals surface area contributed by atoms with Crippen LogP contribution in [0.5, 0.6) is 0 Å². The molecule has 114 valence electrons. The highest BCUT2D eigenvalue weighted by molar-refractivity contribution is 8.00. The SMILES string of the molecule is Cc1ccc(C)c(S[C@@H]2CCN(C3CCOCC3)C2=O)c1. The van der Waals surface area contributed by atoms with Crippen molar-refractivity contribution < 1.29 is 9.53 Å². The molecule has 2 aliphatic rings. The molecule has 2 heterocycles. The van der Waals surface area contributed by atoms with Crippen LogP contribution < -0.4 is 0 Å². The zero-order valence-electron chi connectivity index (χ0n) is 12.8. The van der Waals surface area contributed by atoms with Crippen molar-refractivity contribution in [3.05, 3.63) is 29.3 Å². The van der Waals surface area contributed by atoms with E-state index in [2.05, 4.69) is 36.9 Å². The zero-order valence-corrected chi connectivity index (χ0v) is 13.6. The fourth-order valence-electron chi connectivity index (χ4n) is 3.13. The first kappa shape index (κ1) is 14.9. The first-order valence-corrected chi connectivity index (χ1v) is 8.65. The Balaban J connectivity index is 1.67. The molecular weight excluding hydrogens is 282 g/mol. The van der Waals surface area contributed by atoms with E-state index in [9.17, 15) is 4.79 Å². The predicted octanol–water partition coefficient (Wildman–Crippen LogP) is 3.18. The molecule has 0 aliphatic carbocycles. The number of aryl methyl sites for hydroxylation is 2. The lowest BCUT2D eigenvalue weighted by Crippen LogP contribution is -2.41. The number of thioether (sulfide) groups is 1. The van der Waals surface area contributed by atoms with Crippen LogP contribution in [-0.4, -0.2) is 41.9 Å². The van der Waals surface area contributed by atoms with E-state index in [0.717, 1.165) is 39.0 Å². The summed E-state index contributed by atoms with van der Waals surface area (Å²) >= 11 is 1.75. The Morgan fingerprint density at radius 3 is 2.71 bits per heavy atom. The van der Waals surface area contributed by atoms with Crippen LogP contribution in [0.4, 0.5) is 0 Å². The first-order valence-electron chi connectivity index (χ1n) is 7.77. The quantitative estimate of drug-likeness (QED) is 0.859. The smallest absolute Gasteiger partial charge is 0.236 e. The molecule has 0 bridgehead atoms. The highest BCUT2D eigenvalue weighted by Gasteiger charge is 2.37. The van der Waals surface area contributed by atoms with Gasteiger partial charge < -0.3 is 9.64 Å². The van der Waals surface area contributed by atoms with Crippen LogP contribution in [0.1, 0.15) is 30.4 Å². The molecule has 0 aromatic heterocycles. The van der Waals surface area contributed by atoms with Crippen molar-refractivity contribution in [1.29, 1.82) is 0 Å². The van der Waals surface area contributed by atoms with Crippen LogP contribution in [0, 0.1) is 13.8 Å². The van der Waals surface area contributed by atoms with Gasteiger partial charge in [-0.05, 0) is 44.7 Å². The Hall–Kier alpha value is -1.00. The van der Waals surface area contributed by atoms with E-state index < -0.39 is 0 Å². The number of carbonyl (C=O) groups is 1. The van der Waals surface area contributed by atoms with Gasteiger partial charge in [-0.15, -0.1) is 11.8 Å². The lowest BCUT2D eigenvalue weighted by atomic mass is 10.1. The first-order chi connectivity index (χ1) is 10.1. The van der Waals surface area contributed by atoms with Gasteiger partial charge in [0.25, 0.3) is 0 Å². The Bertz CT molecular complexity index is 526. The fraction of sp³-hybridized carbons (Fsp3) is 0.588. The van der Waals surface area contributed by atoms with Crippen LogP contribution in [-0.2, 0) is 9.53 Å². The Morgan fingerprint density at radius 2 is 1.95 bits per heavy atom. The Labute approximate surface area is 131 Å². The number of hydrogen-bond donors (Lipinski definition) is 0. The number of nitrogens with zero attached hydrogens (tertiary/aromatic N) is 1. The van der Waals surface area contributed by atoms with Crippen LogP contribution in [0.3, 0.4) is 0 Å². The number of benzene rings is 1. The molecule has 1 atom stereocenters. The van der Waals surface area contributed by atoms with Crippen LogP contribution >= 0.6 is 11.8 Å². The minimum atomic E-state index is 0.0911. The molecule has 0 N–H and O–H groups in total. The van der Waals surface area contributed by atoms with Crippen LogP contribution in [0.15, 0.2) is 23.1 Å². The van der Waals surface area contributed by atoms with E-state index in [1.165, 1.54) is 16.0 Å². The number of likely N-dealkylation sites (tertiary alicyclic amines) is 1. The Kier molecular flexibility index (Phi) is 4.55. The molecule has 3 nitrogen and oxygen atoms in total. The van der Waals surface area contributed by atoms with Gasteiger partial charge in [-0.25, -0.2) is 0 Å². The summed E-state index contributed by atoms with van der Waals surface area (Å²) in [5.74, 6) is 0.327. The van der Waals surface area contributed by atoms with Gasteiger partial charge in [0, 0.05) is 30.7 Å². The van der Waals surface area contributed by atoms with Crippen molar-refractivity contribution in [2.24, 2.45) is 0 Å². The molecule has 2 aliphatic heterocycles. The molecule has 3 rings (SSSR count). The van der Waals surface area contributed by atoms with Crippen LogP contribution in [0.25, 0.3) is 0 Å². The Morgan fingerprint density at radius 1 is 1.19 bits per heavy atom. The highest BCUT2D eigenvalue weighted by Crippen LogP contribution is 2.34. The number of amides is 1. The summed E-state index contributed by atoms with van der Waals surface area (Å²) in [6, 6.07) is 6.87. The summed E-state index contributed by atoms with van der Waals surface area (Å²) in [7, 11) is 0. The van der Waals surface area contributed by atoms with E-state index in [4.69, 9.17) is 4.74 Å². The fourth-order valence-corrected chi connectivity index (χ4v) is 4.41. The minimum absolute atomic E-state index is 0.0911. The largest absolute Gasteiger partial charge is 0.381 e. The van der Waals surface area contributed by atoms with Gasteiger partial charge in [-0.2, -0.15) is 0 Å². The zero-order chi connectivity index (χ0) is 14.8. The third kappa shape index (κ3) is 3.27. The van der Waals surface area contributed by atoms with Crippen molar-refractivity contribution in [3.63, 3.8) is 0 Å². The van der Waals surface area contributed by atoms with E-state index in [0.29, 0.717) is 11.9 Å². The number of hydrogen-bond acceptors (Lipinski definition) is 3. The molecule has 0 spiro atoms. The van der Waals surface area contributed by atoms with Gasteiger partial charge in [0.2, 0.25) is 5.91 Å². The van der Waals surface area contributed by atoms with E-state index in [1.54, 1.807) is 11.8 Å². The van der Waals surface area contributed by atoms with Crippen molar-refractivity contribution in [2.75, 3.05) is 19.8 Å². The summed E-state index contributed by atoms with van der Waals surface area (Å²) in [5, 5.41) is 0.0911. The average molecular weight is 305 g/mol. The number of carbonyl (C=O) groups excluding carboxylic acids is 1. The second kappa shape index (κ2) is 6.41. The van der Waals surface area contributed by atoms with Crippen LogP contribution in [0.2, 0.25) is 0 Å². The lowest BCUT2D eigenvalue weighted by molar-refractivity contribution is -0.130. The summed E-state index contributed by atoms with van der Waals surface area (Å²) in [5.41, 5.74) is 2.53. The maximum absolute atomic E-state index is 12.7. The molecule has 21 heavy (non-hydrogen) atoms. The third-order valence-corrected chi connectivity index (χ3v) is 5.85. The molecule has 0 unspecified atom stereocenters. The number of ether oxygens (including phenoxy) is 1. The normalized spacial score (nSPS) is 23.8. The van der Waals surface area contributed by atoms with Gasteiger partial charge in [-0.3, -0.25) is 4.79 Å². The van der Waals surface area contributed by atoms with Gasteiger partial charge >= 0.3 is 0 Å². The molecule has 1 aromatic carbocycles. The summed E-state index contributed by atoms with van der Waals surface area (Å²) in [4.78, 5) is 16.0. The standard InChI is InChI=1S/C17H23NO2S/c1-12-3-4-13(2)16(11-12)21-15-5-8-18(17(15)19)14-6-9-20-10-7-14/h3-4,11,14-15H,5-10H2,1-2H3/t15-/m1/s1. The molecular formula is C17H23NO2S. The predicted molar refractivity (Wildman–Crippen MR) is 85.7 cm³/mol. The molecule has 1 amide bonds. The van der Waals surface area contributed by atoms with Gasteiger partial charge in [0.15, 0.2) is 0 Å². The van der Waals surface area contributed by atoms with Crippen molar-refractivity contribution >= 4 is 17.7 Å². The average Bonchev–Trinajstić information content (AvgIpc) is 2.85. The highest BCUT2D eigenvalue weighted by atomic mass is 32.2. The molecule has 0 saturated carbocycles. The molecule has 1 aromatic rings. The van der Waals surface area contributed by atoms with E-state index >= 15 is 0 Å². The van der Waals surface area contributed by atoms with Gasteiger partial charge in [0.1, 0.15) is 0 Å². The van der Waals surface area contributed by atoms with E-state index in [-0.39, 0.29) is 5.25 Å². The van der Waals surface area contributed by atoms with Crippen molar-refractivity contribution in [1.82, 2.24) is 4.90 Å². The monoisotopic (exact) mass is 305 g/mol. The maximum Gasteiger partial charge on any atom is 0.236 e. The maximum atomic E-state index is 12.7. The molecule has 0 radical (unpaired) electrons. The van der Waals surface area contributed by atoms with E-state index in [1.807, 2.05) is 0 Å². The molecule has 2 fully saturated rings. The topological polar surface area (TPSA) is 29.5 Å². The molecule has 2 saturated heterocycles. The molecule has 4 heteroatoms. The summed E-state index contributed by atoms with van der Waals surface area (Å²) in [6.45, 7) is 6.73. The second-order valence-corrected chi connectivity index (χ2v) is 7.28. The minimum Gasteiger partial charge on any atom is -0.381 e. The van der Waals surface area contributed by atoms with Crippen molar-refractivity contribution in [2.45, 2.75) is 49.3 Å². The lowest BCUT2D eigenvalue weighted by Gasteiger charge is -2.31. The third-order valence-electron chi connectivity index (χ3n) is 4.44. The van der Waals surface area contributed by atoms with Gasteiger partial charge in [0.05, 0.1) is 5.25 Å².